The number of thiophene rings is 1. The molecular formula is C27H24N2O5S. The number of amides is 1. The van der Waals surface area contributed by atoms with E-state index in [-0.39, 0.29) is 28.7 Å². The fourth-order valence-corrected chi connectivity index (χ4v) is 4.82. The molecular weight excluding hydrogens is 464 g/mol. The molecule has 0 saturated heterocycles. The van der Waals surface area contributed by atoms with E-state index in [0.717, 1.165) is 16.9 Å². The minimum atomic E-state index is -0.614. The van der Waals surface area contributed by atoms with Gasteiger partial charge in [0.15, 0.2) is 0 Å². The largest absolute Gasteiger partial charge is 0.462 e. The van der Waals surface area contributed by atoms with Gasteiger partial charge in [0.1, 0.15) is 9.88 Å². The van der Waals surface area contributed by atoms with E-state index in [1.807, 2.05) is 54.6 Å². The molecule has 0 atom stereocenters. The molecule has 0 saturated carbocycles. The summed E-state index contributed by atoms with van der Waals surface area (Å²) in [4.78, 5) is 43.7. The van der Waals surface area contributed by atoms with Crippen LogP contribution in [0.15, 0.2) is 60.7 Å². The third kappa shape index (κ3) is 4.93. The van der Waals surface area contributed by atoms with Crippen LogP contribution >= 0.6 is 11.3 Å². The highest BCUT2D eigenvalue weighted by molar-refractivity contribution is 7.18. The van der Waals surface area contributed by atoms with Gasteiger partial charge >= 0.3 is 11.9 Å². The van der Waals surface area contributed by atoms with Crippen molar-refractivity contribution >= 4 is 45.1 Å². The summed E-state index contributed by atoms with van der Waals surface area (Å²) in [6.07, 6.45) is 0. The Labute approximate surface area is 206 Å². The summed E-state index contributed by atoms with van der Waals surface area (Å²) in [6, 6.07) is 18.7. The Hall–Kier alpha value is -4.04. The lowest BCUT2D eigenvalue weighted by Gasteiger charge is -2.11. The molecule has 0 fully saturated rings. The molecule has 35 heavy (non-hydrogen) atoms. The number of fused-ring (bicyclic) bond motifs is 1. The van der Waals surface area contributed by atoms with Crippen LogP contribution < -0.4 is 5.32 Å². The summed E-state index contributed by atoms with van der Waals surface area (Å²) in [5.41, 5.74) is 3.14. The molecule has 4 rings (SSSR count). The highest BCUT2D eigenvalue weighted by Gasteiger charge is 2.28. The van der Waals surface area contributed by atoms with E-state index in [9.17, 15) is 14.4 Å². The monoisotopic (exact) mass is 488 g/mol. The van der Waals surface area contributed by atoms with Gasteiger partial charge in [-0.1, -0.05) is 48.5 Å². The first-order chi connectivity index (χ1) is 16.9. The number of carbonyl (C=O) groups excluding carboxylic acids is 3. The van der Waals surface area contributed by atoms with Gasteiger partial charge in [0.05, 0.1) is 35.6 Å². The number of carbonyl (C=O) groups is 3. The van der Waals surface area contributed by atoms with Crippen molar-refractivity contribution in [2.75, 3.05) is 18.5 Å². The molecule has 1 N–H and O–H groups in total. The normalized spacial score (nSPS) is 10.7. The number of esters is 2. The maximum atomic E-state index is 13.6. The zero-order valence-corrected chi connectivity index (χ0v) is 20.4. The number of aromatic nitrogens is 1. The van der Waals surface area contributed by atoms with Gasteiger partial charge in [-0.05, 0) is 38.5 Å². The van der Waals surface area contributed by atoms with Crippen LogP contribution in [0.25, 0.3) is 22.2 Å². The molecule has 8 heteroatoms. The fourth-order valence-electron chi connectivity index (χ4n) is 3.73. The topological polar surface area (TPSA) is 94.6 Å². The SMILES string of the molecule is CCOC(=O)c1sc(NC(=O)c2cc(-c3ccccc3)nc3ccccc23)c(C(=O)OCC)c1C. The summed E-state index contributed by atoms with van der Waals surface area (Å²) in [6.45, 7) is 5.39. The predicted molar refractivity (Wildman–Crippen MR) is 136 cm³/mol. The molecule has 7 nitrogen and oxygen atoms in total. The Morgan fingerprint density at radius 2 is 1.57 bits per heavy atom. The van der Waals surface area contributed by atoms with Crippen LogP contribution in [0.2, 0.25) is 0 Å². The first-order valence-corrected chi connectivity index (χ1v) is 12.0. The summed E-state index contributed by atoms with van der Waals surface area (Å²) in [5, 5.41) is 3.74. The van der Waals surface area contributed by atoms with Gasteiger partial charge in [-0.25, -0.2) is 14.6 Å². The van der Waals surface area contributed by atoms with Crippen LogP contribution in [0.4, 0.5) is 5.00 Å². The van der Waals surface area contributed by atoms with Crippen molar-refractivity contribution in [2.24, 2.45) is 0 Å². The molecule has 0 spiro atoms. The number of nitrogens with zero attached hydrogens (tertiary/aromatic N) is 1. The molecule has 0 bridgehead atoms. The summed E-state index contributed by atoms with van der Waals surface area (Å²) in [5.74, 6) is -1.60. The van der Waals surface area contributed by atoms with Crippen molar-refractivity contribution in [3.8, 4) is 11.3 Å². The molecule has 2 aromatic carbocycles. The number of rotatable bonds is 7. The van der Waals surface area contributed by atoms with Crippen LogP contribution in [-0.2, 0) is 9.47 Å². The van der Waals surface area contributed by atoms with E-state index in [2.05, 4.69) is 5.32 Å². The average molecular weight is 489 g/mol. The average Bonchev–Trinajstić information content (AvgIpc) is 3.19. The fraction of sp³-hybridized carbons (Fsp3) is 0.185. The van der Waals surface area contributed by atoms with E-state index in [1.165, 1.54) is 0 Å². The van der Waals surface area contributed by atoms with Gasteiger partial charge in [-0.3, -0.25) is 4.79 Å². The van der Waals surface area contributed by atoms with Crippen molar-refractivity contribution in [2.45, 2.75) is 20.8 Å². The minimum absolute atomic E-state index is 0.148. The summed E-state index contributed by atoms with van der Waals surface area (Å²) >= 11 is 0.994. The third-order valence-electron chi connectivity index (χ3n) is 5.34. The molecule has 0 radical (unpaired) electrons. The van der Waals surface area contributed by atoms with Crippen LogP contribution in [0, 0.1) is 6.92 Å². The van der Waals surface area contributed by atoms with Crippen LogP contribution in [-0.4, -0.2) is 36.0 Å². The Kier molecular flexibility index (Phi) is 7.22. The van der Waals surface area contributed by atoms with Gasteiger partial charge < -0.3 is 14.8 Å². The summed E-state index contributed by atoms with van der Waals surface area (Å²) < 4.78 is 10.3. The van der Waals surface area contributed by atoms with Gasteiger partial charge in [0, 0.05) is 10.9 Å². The molecule has 0 aliphatic heterocycles. The highest BCUT2D eigenvalue weighted by atomic mass is 32.1. The number of benzene rings is 2. The van der Waals surface area contributed by atoms with Gasteiger partial charge in [0.25, 0.3) is 5.91 Å². The quantitative estimate of drug-likeness (QED) is 0.327. The Bertz CT molecular complexity index is 1410. The van der Waals surface area contributed by atoms with Crippen molar-refractivity contribution in [1.29, 1.82) is 0 Å². The Morgan fingerprint density at radius 3 is 2.29 bits per heavy atom. The first-order valence-electron chi connectivity index (χ1n) is 11.2. The lowest BCUT2D eigenvalue weighted by Crippen LogP contribution is -2.15. The van der Waals surface area contributed by atoms with E-state index < -0.39 is 17.8 Å². The van der Waals surface area contributed by atoms with Crippen molar-refractivity contribution in [1.82, 2.24) is 4.98 Å². The number of hydrogen-bond acceptors (Lipinski definition) is 7. The van der Waals surface area contributed by atoms with Crippen LogP contribution in [0.1, 0.15) is 49.8 Å². The van der Waals surface area contributed by atoms with Gasteiger partial charge in [0.2, 0.25) is 0 Å². The summed E-state index contributed by atoms with van der Waals surface area (Å²) in [7, 11) is 0. The van der Waals surface area contributed by atoms with Crippen molar-refractivity contribution in [3.63, 3.8) is 0 Å². The maximum absolute atomic E-state index is 13.6. The zero-order chi connectivity index (χ0) is 24.9. The predicted octanol–water partition coefficient (Wildman–Crippen LogP) is 5.88. The van der Waals surface area contributed by atoms with E-state index >= 15 is 0 Å². The Balaban J connectivity index is 1.80. The molecule has 2 aromatic heterocycles. The lowest BCUT2D eigenvalue weighted by atomic mass is 10.0. The zero-order valence-electron chi connectivity index (χ0n) is 19.6. The second kappa shape index (κ2) is 10.5. The number of ether oxygens (including phenoxy) is 2. The van der Waals surface area contributed by atoms with Crippen molar-refractivity contribution < 1.29 is 23.9 Å². The van der Waals surface area contributed by atoms with Crippen LogP contribution in [0.3, 0.4) is 0 Å². The van der Waals surface area contributed by atoms with Crippen LogP contribution in [0.5, 0.6) is 0 Å². The smallest absolute Gasteiger partial charge is 0.348 e. The van der Waals surface area contributed by atoms with Crippen molar-refractivity contribution in [3.05, 3.63) is 82.2 Å². The van der Waals surface area contributed by atoms with E-state index in [1.54, 1.807) is 26.8 Å². The lowest BCUT2D eigenvalue weighted by molar-refractivity contribution is 0.0527. The van der Waals surface area contributed by atoms with Gasteiger partial charge in [-0.15, -0.1) is 11.3 Å². The molecule has 1 amide bonds. The van der Waals surface area contributed by atoms with E-state index in [4.69, 9.17) is 14.5 Å². The second-order valence-corrected chi connectivity index (χ2v) is 8.61. The van der Waals surface area contributed by atoms with E-state index in [0.29, 0.717) is 27.7 Å². The standard InChI is InChI=1S/C27H24N2O5S/c1-4-33-26(31)22-16(3)23(27(32)34-5-2)35-25(22)29-24(30)19-15-21(17-11-7-6-8-12-17)28-20-14-10-9-13-18(19)20/h6-15H,4-5H2,1-3H3,(H,29,30). The molecule has 0 aliphatic carbocycles. The number of pyridine rings is 1. The molecule has 178 valence electrons. The minimum Gasteiger partial charge on any atom is -0.462 e. The maximum Gasteiger partial charge on any atom is 0.348 e. The number of hydrogen-bond donors (Lipinski definition) is 1. The first kappa shape index (κ1) is 24.1. The molecule has 0 aliphatic rings. The number of para-hydroxylation sites is 1. The number of nitrogens with one attached hydrogen (secondary N) is 1. The Morgan fingerprint density at radius 1 is 0.914 bits per heavy atom. The molecule has 2 heterocycles. The third-order valence-corrected chi connectivity index (χ3v) is 6.53. The number of anilines is 1. The molecule has 4 aromatic rings. The highest BCUT2D eigenvalue weighted by Crippen LogP contribution is 2.35. The molecule has 0 unspecified atom stereocenters. The van der Waals surface area contributed by atoms with Gasteiger partial charge in [-0.2, -0.15) is 0 Å². The second-order valence-electron chi connectivity index (χ2n) is 7.59.